The molecule has 6 heteroatoms. The number of rotatable bonds is 3. The third kappa shape index (κ3) is 2.77. The highest BCUT2D eigenvalue weighted by atomic mass is 35.5. The largest absolute Gasteiger partial charge is 0.478 e. The van der Waals surface area contributed by atoms with Gasteiger partial charge in [-0.25, -0.2) is 4.79 Å². The molecule has 0 spiro atoms. The van der Waals surface area contributed by atoms with Crippen LogP contribution in [0.4, 0.5) is 5.69 Å². The van der Waals surface area contributed by atoms with Gasteiger partial charge in [0.05, 0.1) is 10.7 Å². The van der Waals surface area contributed by atoms with Gasteiger partial charge in [0.25, 0.3) is 5.91 Å². The second kappa shape index (κ2) is 5.16. The maximum absolute atomic E-state index is 11.9. The van der Waals surface area contributed by atoms with Gasteiger partial charge in [0.15, 0.2) is 5.76 Å². The van der Waals surface area contributed by atoms with E-state index in [0.29, 0.717) is 5.76 Å². The smallest absolute Gasteiger partial charge is 0.339 e. The van der Waals surface area contributed by atoms with Gasteiger partial charge in [-0.1, -0.05) is 17.7 Å². The van der Waals surface area contributed by atoms with Crippen LogP contribution in [0.2, 0.25) is 5.02 Å². The first-order chi connectivity index (χ1) is 8.99. The molecule has 0 radical (unpaired) electrons. The molecule has 0 bridgehead atoms. The highest BCUT2D eigenvalue weighted by Gasteiger charge is 2.18. The number of aryl methyl sites for hydroxylation is 1. The van der Waals surface area contributed by atoms with Crippen molar-refractivity contribution in [3.63, 3.8) is 0 Å². The van der Waals surface area contributed by atoms with E-state index >= 15 is 0 Å². The molecular formula is C13H10ClNO4. The molecule has 0 fully saturated rings. The second-order valence-corrected chi connectivity index (χ2v) is 4.24. The summed E-state index contributed by atoms with van der Waals surface area (Å²) >= 11 is 5.80. The van der Waals surface area contributed by atoms with Crippen molar-refractivity contribution < 1.29 is 19.1 Å². The molecule has 0 aliphatic heterocycles. The van der Waals surface area contributed by atoms with E-state index in [1.54, 1.807) is 19.1 Å². The Hall–Kier alpha value is -2.27. The lowest BCUT2D eigenvalue weighted by Crippen LogP contribution is -2.14. The summed E-state index contributed by atoms with van der Waals surface area (Å²) in [4.78, 5) is 23.0. The van der Waals surface area contributed by atoms with Crippen molar-refractivity contribution in [2.75, 3.05) is 5.32 Å². The number of carbonyl (C=O) groups is 2. The van der Waals surface area contributed by atoms with Gasteiger partial charge in [0.1, 0.15) is 11.3 Å². The summed E-state index contributed by atoms with van der Waals surface area (Å²) in [5.74, 6) is -1.04. The van der Waals surface area contributed by atoms with Gasteiger partial charge in [-0.2, -0.15) is 0 Å². The molecule has 19 heavy (non-hydrogen) atoms. The van der Waals surface area contributed by atoms with Crippen LogP contribution in [0, 0.1) is 6.92 Å². The number of halogens is 1. The Bertz CT molecular complexity index is 648. The van der Waals surface area contributed by atoms with E-state index < -0.39 is 11.9 Å². The number of nitrogens with one attached hydrogen (secondary N) is 1. The summed E-state index contributed by atoms with van der Waals surface area (Å²) in [6, 6.07) is 7.61. The summed E-state index contributed by atoms with van der Waals surface area (Å²) in [5, 5.41) is 11.6. The summed E-state index contributed by atoms with van der Waals surface area (Å²) in [6.07, 6.45) is 0. The van der Waals surface area contributed by atoms with Crippen molar-refractivity contribution in [1.82, 2.24) is 0 Å². The molecule has 0 saturated heterocycles. The third-order valence-electron chi connectivity index (χ3n) is 2.44. The molecular weight excluding hydrogens is 270 g/mol. The van der Waals surface area contributed by atoms with Crippen molar-refractivity contribution in [2.45, 2.75) is 6.92 Å². The zero-order valence-corrected chi connectivity index (χ0v) is 10.7. The molecule has 0 saturated carbocycles. The van der Waals surface area contributed by atoms with Crippen LogP contribution in [0.15, 0.2) is 34.7 Å². The van der Waals surface area contributed by atoms with Crippen LogP contribution in [-0.4, -0.2) is 17.0 Å². The minimum absolute atomic E-state index is 0.0564. The Morgan fingerprint density at radius 1 is 1.26 bits per heavy atom. The lowest BCUT2D eigenvalue weighted by atomic mass is 10.1. The fourth-order valence-corrected chi connectivity index (χ4v) is 1.84. The van der Waals surface area contributed by atoms with Gasteiger partial charge in [0, 0.05) is 0 Å². The minimum atomic E-state index is -1.21. The molecule has 98 valence electrons. The molecule has 0 aliphatic rings. The van der Waals surface area contributed by atoms with Gasteiger partial charge in [-0.15, -0.1) is 0 Å². The van der Waals surface area contributed by atoms with Crippen LogP contribution >= 0.6 is 11.6 Å². The summed E-state index contributed by atoms with van der Waals surface area (Å²) in [6.45, 7) is 1.71. The average molecular weight is 280 g/mol. The van der Waals surface area contributed by atoms with E-state index in [-0.39, 0.29) is 22.0 Å². The van der Waals surface area contributed by atoms with Crippen LogP contribution in [0.5, 0.6) is 0 Å². The SMILES string of the molecule is Cc1ccc(C(=O)Nc2cccc(Cl)c2C(=O)O)o1. The quantitative estimate of drug-likeness (QED) is 0.904. The van der Waals surface area contributed by atoms with E-state index in [2.05, 4.69) is 5.32 Å². The third-order valence-corrected chi connectivity index (χ3v) is 2.75. The maximum Gasteiger partial charge on any atom is 0.339 e. The molecule has 1 amide bonds. The van der Waals surface area contributed by atoms with Crippen molar-refractivity contribution in [1.29, 1.82) is 0 Å². The summed E-state index contributed by atoms with van der Waals surface area (Å²) in [5.41, 5.74) is -0.0279. The van der Waals surface area contributed by atoms with Crippen LogP contribution in [0.1, 0.15) is 26.7 Å². The molecule has 5 nitrogen and oxygen atoms in total. The fraction of sp³-hybridized carbons (Fsp3) is 0.0769. The fourth-order valence-electron chi connectivity index (χ4n) is 1.59. The predicted octanol–water partition coefficient (Wildman–Crippen LogP) is 3.19. The molecule has 2 rings (SSSR count). The number of anilines is 1. The number of hydrogen-bond donors (Lipinski definition) is 2. The second-order valence-electron chi connectivity index (χ2n) is 3.83. The Labute approximate surface area is 113 Å². The average Bonchev–Trinajstić information content (AvgIpc) is 2.75. The molecule has 0 unspecified atom stereocenters. The van der Waals surface area contributed by atoms with Gasteiger partial charge in [-0.3, -0.25) is 4.79 Å². The minimum Gasteiger partial charge on any atom is -0.478 e. The van der Waals surface area contributed by atoms with Gasteiger partial charge in [-0.05, 0) is 31.2 Å². The Morgan fingerprint density at radius 2 is 2.00 bits per heavy atom. The molecule has 2 aromatic rings. The number of benzene rings is 1. The number of carboxylic acid groups (broad SMARTS) is 1. The number of amides is 1. The highest BCUT2D eigenvalue weighted by molar-refractivity contribution is 6.34. The van der Waals surface area contributed by atoms with Crippen molar-refractivity contribution >= 4 is 29.2 Å². The topological polar surface area (TPSA) is 79.5 Å². The van der Waals surface area contributed by atoms with Gasteiger partial charge >= 0.3 is 5.97 Å². The lowest BCUT2D eigenvalue weighted by Gasteiger charge is -2.08. The van der Waals surface area contributed by atoms with E-state index in [1.165, 1.54) is 18.2 Å². The lowest BCUT2D eigenvalue weighted by molar-refractivity contribution is 0.0698. The van der Waals surface area contributed by atoms with E-state index in [9.17, 15) is 9.59 Å². The van der Waals surface area contributed by atoms with E-state index in [4.69, 9.17) is 21.1 Å². The van der Waals surface area contributed by atoms with Crippen LogP contribution in [0.3, 0.4) is 0 Å². The first kappa shape index (κ1) is 13.2. The number of carbonyl (C=O) groups excluding carboxylic acids is 1. The number of furan rings is 1. The molecule has 1 aromatic heterocycles. The van der Waals surface area contributed by atoms with Crippen LogP contribution in [-0.2, 0) is 0 Å². The zero-order chi connectivity index (χ0) is 14.0. The Kier molecular flexibility index (Phi) is 3.57. The summed E-state index contributed by atoms with van der Waals surface area (Å²) < 4.78 is 5.16. The Balaban J connectivity index is 2.31. The van der Waals surface area contributed by atoms with Gasteiger partial charge < -0.3 is 14.8 Å². The summed E-state index contributed by atoms with van der Waals surface area (Å²) in [7, 11) is 0. The van der Waals surface area contributed by atoms with Gasteiger partial charge in [0.2, 0.25) is 0 Å². The molecule has 1 heterocycles. The molecule has 2 N–H and O–H groups in total. The normalized spacial score (nSPS) is 10.2. The molecule has 0 atom stereocenters. The van der Waals surface area contributed by atoms with Crippen LogP contribution < -0.4 is 5.32 Å². The first-order valence-corrected chi connectivity index (χ1v) is 5.76. The highest BCUT2D eigenvalue weighted by Crippen LogP contribution is 2.25. The molecule has 0 aliphatic carbocycles. The number of carboxylic acids is 1. The standard InChI is InChI=1S/C13H10ClNO4/c1-7-5-6-10(19-7)12(16)15-9-4-2-3-8(14)11(9)13(17)18/h2-6H,1H3,(H,15,16)(H,17,18). The zero-order valence-electron chi connectivity index (χ0n) is 9.94. The maximum atomic E-state index is 11.9. The number of hydrogen-bond acceptors (Lipinski definition) is 3. The van der Waals surface area contributed by atoms with Crippen molar-refractivity contribution in [3.05, 3.63) is 52.4 Å². The van der Waals surface area contributed by atoms with Crippen molar-refractivity contribution in [3.8, 4) is 0 Å². The van der Waals surface area contributed by atoms with E-state index in [0.717, 1.165) is 0 Å². The monoisotopic (exact) mass is 279 g/mol. The predicted molar refractivity (Wildman–Crippen MR) is 69.8 cm³/mol. The Morgan fingerprint density at radius 3 is 2.58 bits per heavy atom. The van der Waals surface area contributed by atoms with Crippen molar-refractivity contribution in [2.24, 2.45) is 0 Å². The van der Waals surface area contributed by atoms with E-state index in [1.807, 2.05) is 0 Å². The number of aromatic carboxylic acids is 1. The molecule has 1 aromatic carbocycles. The first-order valence-electron chi connectivity index (χ1n) is 5.38. The van der Waals surface area contributed by atoms with Crippen LogP contribution in [0.25, 0.3) is 0 Å².